The van der Waals surface area contributed by atoms with E-state index in [0.29, 0.717) is 30.0 Å². The summed E-state index contributed by atoms with van der Waals surface area (Å²) >= 11 is 1.36. The number of aromatic nitrogens is 1. The molecular weight excluding hydrogens is 313 g/mol. The lowest BCUT2D eigenvalue weighted by Crippen LogP contribution is -2.52. The Morgan fingerprint density at radius 2 is 2.04 bits per heavy atom. The monoisotopic (exact) mass is 333 g/mol. The van der Waals surface area contributed by atoms with Crippen LogP contribution in [-0.2, 0) is 11.2 Å². The van der Waals surface area contributed by atoms with Gasteiger partial charge in [0.2, 0.25) is 5.91 Å². The number of hydrogen-bond donors (Lipinski definition) is 2. The molecule has 1 aromatic heterocycles. The number of halogens is 1. The van der Waals surface area contributed by atoms with Gasteiger partial charge in [0, 0.05) is 17.5 Å². The minimum Gasteiger partial charge on any atom is -0.317 e. The molecule has 122 valence electrons. The standard InChI is InChI=1S/C17H20FN3OS/c18-14-7-3-2-6-12(14)10-13-11-20-16(23-13)21-15(22)17(19)8-4-1-5-9-17/h2-3,6-7,11H,1,4-5,8-10,19H2,(H,20,21,22). The Kier molecular flexibility index (Phi) is 4.73. The first-order valence-corrected chi connectivity index (χ1v) is 8.67. The second-order valence-electron chi connectivity index (χ2n) is 6.07. The molecule has 1 aromatic carbocycles. The van der Waals surface area contributed by atoms with E-state index in [1.54, 1.807) is 18.3 Å². The molecule has 0 spiro atoms. The summed E-state index contributed by atoms with van der Waals surface area (Å²) in [5.74, 6) is -0.390. The van der Waals surface area contributed by atoms with E-state index in [9.17, 15) is 9.18 Å². The molecule has 0 bridgehead atoms. The zero-order valence-electron chi connectivity index (χ0n) is 12.8. The van der Waals surface area contributed by atoms with E-state index < -0.39 is 5.54 Å². The average Bonchev–Trinajstić information content (AvgIpc) is 2.97. The molecule has 1 fully saturated rings. The predicted molar refractivity (Wildman–Crippen MR) is 90.0 cm³/mol. The smallest absolute Gasteiger partial charge is 0.246 e. The van der Waals surface area contributed by atoms with Gasteiger partial charge in [-0.15, -0.1) is 11.3 Å². The predicted octanol–water partition coefficient (Wildman–Crippen LogP) is 3.47. The first kappa shape index (κ1) is 16.1. The van der Waals surface area contributed by atoms with E-state index in [1.165, 1.54) is 17.4 Å². The third kappa shape index (κ3) is 3.76. The highest BCUT2D eigenvalue weighted by Crippen LogP contribution is 2.28. The van der Waals surface area contributed by atoms with Crippen molar-refractivity contribution in [3.63, 3.8) is 0 Å². The molecule has 0 unspecified atom stereocenters. The van der Waals surface area contributed by atoms with Gasteiger partial charge in [-0.25, -0.2) is 9.37 Å². The molecule has 1 amide bonds. The molecule has 4 nitrogen and oxygen atoms in total. The van der Waals surface area contributed by atoms with Crippen molar-refractivity contribution < 1.29 is 9.18 Å². The number of anilines is 1. The largest absolute Gasteiger partial charge is 0.317 e. The summed E-state index contributed by atoms with van der Waals surface area (Å²) < 4.78 is 13.7. The maximum absolute atomic E-state index is 13.7. The Morgan fingerprint density at radius 3 is 2.78 bits per heavy atom. The number of amides is 1. The number of nitrogens with one attached hydrogen (secondary N) is 1. The molecular formula is C17H20FN3OS. The number of hydrogen-bond acceptors (Lipinski definition) is 4. The minimum atomic E-state index is -0.782. The summed E-state index contributed by atoms with van der Waals surface area (Å²) in [6, 6.07) is 6.68. The van der Waals surface area contributed by atoms with E-state index in [2.05, 4.69) is 10.3 Å². The number of carbonyl (C=O) groups excluding carboxylic acids is 1. The number of benzene rings is 1. The SMILES string of the molecule is NC1(C(=O)Nc2ncc(Cc3ccccc3F)s2)CCCCC1. The molecule has 0 saturated heterocycles. The van der Waals surface area contributed by atoms with Gasteiger partial charge < -0.3 is 11.1 Å². The van der Waals surface area contributed by atoms with Crippen LogP contribution >= 0.6 is 11.3 Å². The van der Waals surface area contributed by atoms with Crippen LogP contribution in [0.3, 0.4) is 0 Å². The van der Waals surface area contributed by atoms with Gasteiger partial charge in [-0.1, -0.05) is 37.5 Å². The maximum atomic E-state index is 13.7. The van der Waals surface area contributed by atoms with Crippen molar-refractivity contribution in [3.8, 4) is 0 Å². The molecule has 2 aromatic rings. The van der Waals surface area contributed by atoms with Gasteiger partial charge in [-0.2, -0.15) is 0 Å². The number of rotatable bonds is 4. The first-order chi connectivity index (χ1) is 11.1. The highest BCUT2D eigenvalue weighted by molar-refractivity contribution is 7.15. The van der Waals surface area contributed by atoms with Gasteiger partial charge >= 0.3 is 0 Å². The third-order valence-electron chi connectivity index (χ3n) is 4.29. The van der Waals surface area contributed by atoms with Crippen LogP contribution in [0.2, 0.25) is 0 Å². The summed E-state index contributed by atoms with van der Waals surface area (Å²) in [4.78, 5) is 17.5. The van der Waals surface area contributed by atoms with Crippen LogP contribution < -0.4 is 11.1 Å². The van der Waals surface area contributed by atoms with Gasteiger partial charge in [-0.3, -0.25) is 4.79 Å². The van der Waals surface area contributed by atoms with Crippen LogP contribution in [0.1, 0.15) is 42.5 Å². The lowest BCUT2D eigenvalue weighted by atomic mass is 9.82. The topological polar surface area (TPSA) is 68.0 Å². The molecule has 3 rings (SSSR count). The van der Waals surface area contributed by atoms with Gasteiger partial charge in [-0.05, 0) is 24.5 Å². The normalized spacial score (nSPS) is 17.0. The average molecular weight is 333 g/mol. The molecule has 0 radical (unpaired) electrons. The highest BCUT2D eigenvalue weighted by atomic mass is 32.1. The van der Waals surface area contributed by atoms with E-state index in [4.69, 9.17) is 5.73 Å². The number of thiazole rings is 1. The fraction of sp³-hybridized carbons (Fsp3) is 0.412. The van der Waals surface area contributed by atoms with Crippen molar-refractivity contribution in [3.05, 3.63) is 46.7 Å². The van der Waals surface area contributed by atoms with E-state index in [0.717, 1.165) is 24.1 Å². The van der Waals surface area contributed by atoms with Crippen LogP contribution in [0.5, 0.6) is 0 Å². The van der Waals surface area contributed by atoms with Gasteiger partial charge in [0.1, 0.15) is 5.82 Å². The van der Waals surface area contributed by atoms with Crippen molar-refractivity contribution in [2.24, 2.45) is 5.73 Å². The molecule has 3 N–H and O–H groups in total. The summed E-state index contributed by atoms with van der Waals surface area (Å²) in [5, 5.41) is 3.35. The van der Waals surface area contributed by atoms with Crippen LogP contribution in [0.4, 0.5) is 9.52 Å². The van der Waals surface area contributed by atoms with Crippen molar-refractivity contribution >= 4 is 22.4 Å². The number of nitrogens with two attached hydrogens (primary N) is 1. The zero-order valence-corrected chi connectivity index (χ0v) is 13.7. The van der Waals surface area contributed by atoms with Crippen LogP contribution in [0.15, 0.2) is 30.5 Å². The summed E-state index contributed by atoms with van der Waals surface area (Å²) in [5.41, 5.74) is 6.06. The molecule has 1 aliphatic carbocycles. The van der Waals surface area contributed by atoms with Crippen LogP contribution in [-0.4, -0.2) is 16.4 Å². The van der Waals surface area contributed by atoms with Crippen LogP contribution in [0.25, 0.3) is 0 Å². The fourth-order valence-electron chi connectivity index (χ4n) is 2.91. The molecule has 0 atom stereocenters. The highest BCUT2D eigenvalue weighted by Gasteiger charge is 2.35. The summed E-state index contributed by atoms with van der Waals surface area (Å²) in [7, 11) is 0. The third-order valence-corrected chi connectivity index (χ3v) is 5.21. The summed E-state index contributed by atoms with van der Waals surface area (Å²) in [6.07, 6.45) is 6.68. The minimum absolute atomic E-state index is 0.163. The number of nitrogens with zero attached hydrogens (tertiary/aromatic N) is 1. The van der Waals surface area contributed by atoms with Gasteiger partial charge in [0.15, 0.2) is 5.13 Å². The Balaban J connectivity index is 1.65. The fourth-order valence-corrected chi connectivity index (χ4v) is 3.74. The molecule has 1 aliphatic rings. The van der Waals surface area contributed by atoms with E-state index in [1.807, 2.05) is 6.07 Å². The lowest BCUT2D eigenvalue weighted by Gasteiger charge is -2.31. The summed E-state index contributed by atoms with van der Waals surface area (Å²) in [6.45, 7) is 0. The van der Waals surface area contributed by atoms with Crippen LogP contribution in [0, 0.1) is 5.82 Å². The van der Waals surface area contributed by atoms with E-state index in [-0.39, 0.29) is 11.7 Å². The molecule has 1 saturated carbocycles. The molecule has 1 heterocycles. The maximum Gasteiger partial charge on any atom is 0.246 e. The Bertz CT molecular complexity index is 695. The van der Waals surface area contributed by atoms with Gasteiger partial charge in [0.05, 0.1) is 5.54 Å². The second kappa shape index (κ2) is 6.76. The quantitative estimate of drug-likeness (QED) is 0.900. The molecule has 0 aliphatic heterocycles. The first-order valence-electron chi connectivity index (χ1n) is 7.85. The van der Waals surface area contributed by atoms with Gasteiger partial charge in [0.25, 0.3) is 0 Å². The Hall–Kier alpha value is -1.79. The van der Waals surface area contributed by atoms with Crippen molar-refractivity contribution in [2.75, 3.05) is 5.32 Å². The van der Waals surface area contributed by atoms with Crippen molar-refractivity contribution in [1.82, 2.24) is 4.98 Å². The zero-order chi connectivity index (χ0) is 16.3. The van der Waals surface area contributed by atoms with Crippen molar-refractivity contribution in [1.29, 1.82) is 0 Å². The lowest BCUT2D eigenvalue weighted by molar-refractivity contribution is -0.122. The molecule has 6 heteroatoms. The number of carbonyl (C=O) groups is 1. The Labute approximate surface area is 138 Å². The Morgan fingerprint density at radius 1 is 1.30 bits per heavy atom. The van der Waals surface area contributed by atoms with E-state index >= 15 is 0 Å². The van der Waals surface area contributed by atoms with Crippen molar-refractivity contribution in [2.45, 2.75) is 44.1 Å². The second-order valence-corrected chi connectivity index (χ2v) is 7.19. The molecule has 23 heavy (non-hydrogen) atoms.